The topological polar surface area (TPSA) is 21.3 Å². The molecule has 0 heterocycles. The predicted octanol–water partition coefficient (Wildman–Crippen LogP) is 4.97. The SMILES string of the molecule is CNC(C)c1cc(F)c(C)cc1Oc1cccc(Br)c1. The van der Waals surface area contributed by atoms with Crippen molar-refractivity contribution < 1.29 is 9.13 Å². The molecule has 2 rings (SSSR count). The zero-order valence-corrected chi connectivity index (χ0v) is 13.3. The highest BCUT2D eigenvalue weighted by Gasteiger charge is 2.14. The summed E-state index contributed by atoms with van der Waals surface area (Å²) in [5, 5.41) is 3.11. The molecule has 0 aliphatic heterocycles. The van der Waals surface area contributed by atoms with Crippen molar-refractivity contribution >= 4 is 15.9 Å². The molecule has 0 saturated carbocycles. The fourth-order valence-corrected chi connectivity index (χ4v) is 2.29. The molecular weight excluding hydrogens is 321 g/mol. The Balaban J connectivity index is 2.41. The molecule has 0 saturated heterocycles. The highest BCUT2D eigenvalue weighted by molar-refractivity contribution is 9.10. The van der Waals surface area contributed by atoms with Gasteiger partial charge in [-0.3, -0.25) is 0 Å². The summed E-state index contributed by atoms with van der Waals surface area (Å²) in [6, 6.07) is 10.9. The predicted molar refractivity (Wildman–Crippen MR) is 82.8 cm³/mol. The molecule has 0 spiro atoms. The largest absolute Gasteiger partial charge is 0.457 e. The summed E-state index contributed by atoms with van der Waals surface area (Å²) >= 11 is 3.41. The van der Waals surface area contributed by atoms with E-state index in [0.29, 0.717) is 11.3 Å². The average molecular weight is 338 g/mol. The first-order chi connectivity index (χ1) is 9.51. The normalized spacial score (nSPS) is 12.2. The summed E-state index contributed by atoms with van der Waals surface area (Å²) in [6.07, 6.45) is 0. The van der Waals surface area contributed by atoms with E-state index in [-0.39, 0.29) is 11.9 Å². The van der Waals surface area contributed by atoms with E-state index < -0.39 is 0 Å². The van der Waals surface area contributed by atoms with Crippen LogP contribution in [0, 0.1) is 12.7 Å². The van der Waals surface area contributed by atoms with Crippen molar-refractivity contribution in [2.45, 2.75) is 19.9 Å². The third kappa shape index (κ3) is 3.38. The molecule has 20 heavy (non-hydrogen) atoms. The Labute approximate surface area is 127 Å². The van der Waals surface area contributed by atoms with E-state index >= 15 is 0 Å². The van der Waals surface area contributed by atoms with Crippen LogP contribution in [0.4, 0.5) is 4.39 Å². The molecule has 0 bridgehead atoms. The average Bonchev–Trinajstić information content (AvgIpc) is 2.42. The van der Waals surface area contributed by atoms with E-state index in [2.05, 4.69) is 21.2 Å². The van der Waals surface area contributed by atoms with E-state index in [4.69, 9.17) is 4.74 Å². The van der Waals surface area contributed by atoms with Crippen molar-refractivity contribution in [3.05, 3.63) is 57.8 Å². The van der Waals surface area contributed by atoms with Crippen LogP contribution in [-0.2, 0) is 0 Å². The van der Waals surface area contributed by atoms with Crippen LogP contribution in [0.25, 0.3) is 0 Å². The van der Waals surface area contributed by atoms with Gasteiger partial charge in [0.15, 0.2) is 0 Å². The van der Waals surface area contributed by atoms with Gasteiger partial charge in [-0.25, -0.2) is 4.39 Å². The molecule has 2 aromatic rings. The summed E-state index contributed by atoms with van der Waals surface area (Å²) in [6.45, 7) is 3.70. The second kappa shape index (κ2) is 6.37. The van der Waals surface area contributed by atoms with Gasteiger partial charge in [0.25, 0.3) is 0 Å². The molecule has 0 aliphatic carbocycles. The standard InChI is InChI=1S/C16H17BrFNO/c1-10-7-16(14(9-15(10)18)11(2)19-3)20-13-6-4-5-12(17)8-13/h4-9,11,19H,1-3H3. The minimum atomic E-state index is -0.219. The van der Waals surface area contributed by atoms with E-state index in [9.17, 15) is 4.39 Å². The van der Waals surface area contributed by atoms with Gasteiger partial charge in [0.2, 0.25) is 0 Å². The van der Waals surface area contributed by atoms with E-state index in [1.165, 1.54) is 6.07 Å². The minimum Gasteiger partial charge on any atom is -0.457 e. The van der Waals surface area contributed by atoms with Crippen molar-refractivity contribution in [3.8, 4) is 11.5 Å². The molecule has 106 valence electrons. The lowest BCUT2D eigenvalue weighted by Crippen LogP contribution is -2.13. The van der Waals surface area contributed by atoms with E-state index in [1.807, 2.05) is 38.2 Å². The van der Waals surface area contributed by atoms with Crippen molar-refractivity contribution in [3.63, 3.8) is 0 Å². The number of halogens is 2. The molecule has 2 aromatic carbocycles. The Hall–Kier alpha value is -1.39. The molecule has 0 fully saturated rings. The second-order valence-corrected chi connectivity index (χ2v) is 5.62. The highest BCUT2D eigenvalue weighted by Crippen LogP contribution is 2.32. The monoisotopic (exact) mass is 337 g/mol. The van der Waals surface area contributed by atoms with E-state index in [1.54, 1.807) is 13.0 Å². The molecule has 2 nitrogen and oxygen atoms in total. The van der Waals surface area contributed by atoms with Crippen LogP contribution in [0.15, 0.2) is 40.9 Å². The van der Waals surface area contributed by atoms with Crippen molar-refractivity contribution in [2.24, 2.45) is 0 Å². The number of hydrogen-bond acceptors (Lipinski definition) is 2. The Morgan fingerprint density at radius 2 is 2.00 bits per heavy atom. The smallest absolute Gasteiger partial charge is 0.132 e. The molecule has 1 unspecified atom stereocenters. The number of benzene rings is 2. The first-order valence-electron chi connectivity index (χ1n) is 6.42. The molecule has 0 aromatic heterocycles. The molecular formula is C16H17BrFNO. The summed E-state index contributed by atoms with van der Waals surface area (Å²) in [5.74, 6) is 1.17. The van der Waals surface area contributed by atoms with Gasteiger partial charge >= 0.3 is 0 Å². The highest BCUT2D eigenvalue weighted by atomic mass is 79.9. The maximum atomic E-state index is 13.8. The molecule has 1 atom stereocenters. The van der Waals surface area contributed by atoms with Crippen LogP contribution in [0.2, 0.25) is 0 Å². The van der Waals surface area contributed by atoms with Gasteiger partial charge in [-0.2, -0.15) is 0 Å². The Kier molecular flexibility index (Phi) is 4.78. The zero-order chi connectivity index (χ0) is 14.7. The molecule has 1 N–H and O–H groups in total. The van der Waals surface area contributed by atoms with Gasteiger partial charge in [-0.05, 0) is 56.8 Å². The minimum absolute atomic E-state index is 0.00672. The number of nitrogens with one attached hydrogen (secondary N) is 1. The first kappa shape index (κ1) is 15.0. The van der Waals surface area contributed by atoms with Crippen LogP contribution in [0.1, 0.15) is 24.1 Å². The fourth-order valence-electron chi connectivity index (χ4n) is 1.91. The maximum absolute atomic E-state index is 13.8. The fraction of sp³-hybridized carbons (Fsp3) is 0.250. The van der Waals surface area contributed by atoms with Crippen molar-refractivity contribution in [1.29, 1.82) is 0 Å². The van der Waals surface area contributed by atoms with E-state index in [0.717, 1.165) is 15.8 Å². The Morgan fingerprint density at radius 1 is 1.25 bits per heavy atom. The molecule has 0 amide bonds. The van der Waals surface area contributed by atoms with Crippen LogP contribution in [0.3, 0.4) is 0 Å². The number of rotatable bonds is 4. The summed E-state index contributed by atoms with van der Waals surface area (Å²) in [4.78, 5) is 0. The zero-order valence-electron chi connectivity index (χ0n) is 11.7. The Morgan fingerprint density at radius 3 is 2.65 bits per heavy atom. The van der Waals surface area contributed by atoms with Gasteiger partial charge in [0, 0.05) is 16.1 Å². The van der Waals surface area contributed by atoms with Crippen LogP contribution in [0.5, 0.6) is 11.5 Å². The van der Waals surface area contributed by atoms with Crippen LogP contribution < -0.4 is 10.1 Å². The first-order valence-corrected chi connectivity index (χ1v) is 7.21. The number of ether oxygens (including phenoxy) is 1. The summed E-state index contributed by atoms with van der Waals surface area (Å²) < 4.78 is 20.6. The van der Waals surface area contributed by atoms with Gasteiger partial charge in [-0.15, -0.1) is 0 Å². The van der Waals surface area contributed by atoms with Gasteiger partial charge in [-0.1, -0.05) is 22.0 Å². The van der Waals surface area contributed by atoms with Gasteiger partial charge in [0.05, 0.1) is 0 Å². The lowest BCUT2D eigenvalue weighted by atomic mass is 10.0. The lowest BCUT2D eigenvalue weighted by molar-refractivity contribution is 0.462. The van der Waals surface area contributed by atoms with Crippen LogP contribution in [-0.4, -0.2) is 7.05 Å². The molecule has 0 aliphatic rings. The maximum Gasteiger partial charge on any atom is 0.132 e. The van der Waals surface area contributed by atoms with Crippen molar-refractivity contribution in [1.82, 2.24) is 5.32 Å². The third-order valence-corrected chi connectivity index (χ3v) is 3.71. The molecule has 0 radical (unpaired) electrons. The van der Waals surface area contributed by atoms with Gasteiger partial charge in [0.1, 0.15) is 17.3 Å². The van der Waals surface area contributed by atoms with Crippen LogP contribution >= 0.6 is 15.9 Å². The van der Waals surface area contributed by atoms with Gasteiger partial charge < -0.3 is 10.1 Å². The third-order valence-electron chi connectivity index (χ3n) is 3.21. The lowest BCUT2D eigenvalue weighted by Gasteiger charge is -2.17. The number of aryl methyl sites for hydroxylation is 1. The second-order valence-electron chi connectivity index (χ2n) is 4.71. The number of hydrogen-bond donors (Lipinski definition) is 1. The summed E-state index contributed by atoms with van der Waals surface area (Å²) in [5.41, 5.74) is 1.37. The molecule has 4 heteroatoms. The van der Waals surface area contributed by atoms with Crippen molar-refractivity contribution in [2.75, 3.05) is 7.05 Å². The summed E-state index contributed by atoms with van der Waals surface area (Å²) in [7, 11) is 1.84. The Bertz CT molecular complexity index is 615. The quantitative estimate of drug-likeness (QED) is 0.850.